The van der Waals surface area contributed by atoms with Gasteiger partial charge in [0.15, 0.2) is 0 Å². The van der Waals surface area contributed by atoms with E-state index in [1.807, 2.05) is 20.0 Å². The first-order chi connectivity index (χ1) is 7.33. The fourth-order valence-electron chi connectivity index (χ4n) is 1.26. The average molecular weight is 208 g/mol. The van der Waals surface area contributed by atoms with Gasteiger partial charge in [-0.1, -0.05) is 6.07 Å². The molecule has 1 rings (SSSR count). The van der Waals surface area contributed by atoms with Crippen LogP contribution < -0.4 is 5.32 Å². The number of aromatic nitrogens is 1. The van der Waals surface area contributed by atoms with Crippen LogP contribution in [0.5, 0.6) is 0 Å². The Morgan fingerprint density at radius 3 is 2.93 bits per heavy atom. The average Bonchev–Trinajstić information content (AvgIpc) is 2.26. The summed E-state index contributed by atoms with van der Waals surface area (Å²) in [7, 11) is 0. The molecule has 0 aliphatic carbocycles. The number of hydrogen-bond acceptors (Lipinski definition) is 3. The Kier molecular flexibility index (Phi) is 5.97. The maximum absolute atomic E-state index is 5.25. The fourth-order valence-corrected chi connectivity index (χ4v) is 1.26. The third-order valence-electron chi connectivity index (χ3n) is 2.13. The van der Waals surface area contributed by atoms with E-state index in [4.69, 9.17) is 4.74 Å². The molecule has 15 heavy (non-hydrogen) atoms. The molecule has 3 nitrogen and oxygen atoms in total. The van der Waals surface area contributed by atoms with E-state index < -0.39 is 0 Å². The smallest absolute Gasteiger partial charge is 0.0541 e. The van der Waals surface area contributed by atoms with Crippen LogP contribution in [0.25, 0.3) is 0 Å². The van der Waals surface area contributed by atoms with E-state index in [-0.39, 0.29) is 0 Å². The van der Waals surface area contributed by atoms with Crippen LogP contribution in [0.4, 0.5) is 0 Å². The van der Waals surface area contributed by atoms with Crippen molar-refractivity contribution in [1.82, 2.24) is 10.3 Å². The van der Waals surface area contributed by atoms with Gasteiger partial charge in [-0.3, -0.25) is 4.98 Å². The zero-order valence-electron chi connectivity index (χ0n) is 9.62. The zero-order valence-corrected chi connectivity index (χ0v) is 9.62. The van der Waals surface area contributed by atoms with Gasteiger partial charge in [0.05, 0.1) is 5.69 Å². The van der Waals surface area contributed by atoms with Gasteiger partial charge >= 0.3 is 0 Å². The van der Waals surface area contributed by atoms with Crippen LogP contribution in [0.1, 0.15) is 24.6 Å². The molecular formula is C12H20N2O. The lowest BCUT2D eigenvalue weighted by Gasteiger charge is -2.04. The molecule has 0 atom stereocenters. The van der Waals surface area contributed by atoms with Gasteiger partial charge in [-0.05, 0) is 38.4 Å². The molecule has 0 aromatic carbocycles. The number of ether oxygens (including phenoxy) is 1. The predicted octanol–water partition coefficient (Wildman–Crippen LogP) is 1.91. The second-order valence-corrected chi connectivity index (χ2v) is 3.55. The molecule has 1 aromatic rings. The molecule has 1 aromatic heterocycles. The molecule has 0 spiro atoms. The third-order valence-corrected chi connectivity index (χ3v) is 2.13. The van der Waals surface area contributed by atoms with E-state index in [2.05, 4.69) is 22.4 Å². The van der Waals surface area contributed by atoms with E-state index in [1.165, 1.54) is 5.56 Å². The van der Waals surface area contributed by atoms with Gasteiger partial charge < -0.3 is 10.1 Å². The number of hydrogen-bond donors (Lipinski definition) is 1. The number of rotatable bonds is 7. The Morgan fingerprint density at radius 2 is 2.27 bits per heavy atom. The lowest BCUT2D eigenvalue weighted by molar-refractivity contribution is 0.144. The van der Waals surface area contributed by atoms with Crippen molar-refractivity contribution in [2.24, 2.45) is 0 Å². The molecular weight excluding hydrogens is 188 g/mol. The Balaban J connectivity index is 2.07. The fraction of sp³-hybridized carbons (Fsp3) is 0.583. The van der Waals surface area contributed by atoms with Crippen LogP contribution in [-0.4, -0.2) is 24.7 Å². The summed E-state index contributed by atoms with van der Waals surface area (Å²) < 4.78 is 5.25. The SMILES string of the molecule is CCOCCCNCc1ccc(C)cn1. The zero-order chi connectivity index (χ0) is 10.9. The van der Waals surface area contributed by atoms with Crippen molar-refractivity contribution in [2.75, 3.05) is 19.8 Å². The van der Waals surface area contributed by atoms with Crippen LogP contribution in [0.3, 0.4) is 0 Å². The van der Waals surface area contributed by atoms with Crippen LogP contribution in [0.2, 0.25) is 0 Å². The summed E-state index contributed by atoms with van der Waals surface area (Å²) in [5.41, 5.74) is 2.30. The highest BCUT2D eigenvalue weighted by Crippen LogP contribution is 1.97. The maximum Gasteiger partial charge on any atom is 0.0541 e. The minimum atomic E-state index is 0.805. The molecule has 84 valence electrons. The first-order valence-corrected chi connectivity index (χ1v) is 5.53. The summed E-state index contributed by atoms with van der Waals surface area (Å²) >= 11 is 0. The molecule has 0 aliphatic rings. The Hall–Kier alpha value is -0.930. The van der Waals surface area contributed by atoms with Crippen LogP contribution in [0.15, 0.2) is 18.3 Å². The predicted molar refractivity (Wildman–Crippen MR) is 61.8 cm³/mol. The topological polar surface area (TPSA) is 34.1 Å². The highest BCUT2D eigenvalue weighted by atomic mass is 16.5. The Labute approximate surface area is 91.9 Å². The van der Waals surface area contributed by atoms with Crippen molar-refractivity contribution in [1.29, 1.82) is 0 Å². The summed E-state index contributed by atoms with van der Waals surface area (Å²) in [5.74, 6) is 0. The van der Waals surface area contributed by atoms with Crippen LogP contribution in [0, 0.1) is 6.92 Å². The van der Waals surface area contributed by atoms with Gasteiger partial charge in [0.2, 0.25) is 0 Å². The standard InChI is InChI=1S/C12H20N2O/c1-3-15-8-4-7-13-10-12-6-5-11(2)9-14-12/h5-6,9,13H,3-4,7-8,10H2,1-2H3. The third kappa shape index (κ3) is 5.50. The first-order valence-electron chi connectivity index (χ1n) is 5.53. The Bertz CT molecular complexity index is 259. The monoisotopic (exact) mass is 208 g/mol. The van der Waals surface area contributed by atoms with E-state index >= 15 is 0 Å². The summed E-state index contributed by atoms with van der Waals surface area (Å²) in [5, 5.41) is 3.34. The highest BCUT2D eigenvalue weighted by Gasteiger charge is 1.93. The van der Waals surface area contributed by atoms with E-state index in [9.17, 15) is 0 Å². The van der Waals surface area contributed by atoms with Gasteiger partial charge in [-0.15, -0.1) is 0 Å². The van der Waals surface area contributed by atoms with Crippen LogP contribution in [-0.2, 0) is 11.3 Å². The highest BCUT2D eigenvalue weighted by molar-refractivity contribution is 5.11. The van der Waals surface area contributed by atoms with Crippen molar-refractivity contribution < 1.29 is 4.74 Å². The van der Waals surface area contributed by atoms with E-state index in [1.54, 1.807) is 0 Å². The second-order valence-electron chi connectivity index (χ2n) is 3.55. The quantitative estimate of drug-likeness (QED) is 0.695. The number of aryl methyl sites for hydroxylation is 1. The largest absolute Gasteiger partial charge is 0.382 e. The first kappa shape index (κ1) is 12.1. The number of nitrogens with one attached hydrogen (secondary N) is 1. The molecule has 0 amide bonds. The van der Waals surface area contributed by atoms with Gasteiger partial charge in [0.1, 0.15) is 0 Å². The van der Waals surface area contributed by atoms with Gasteiger partial charge in [0, 0.05) is 26.0 Å². The normalized spacial score (nSPS) is 10.5. The summed E-state index contributed by atoms with van der Waals surface area (Å²) in [6, 6.07) is 4.15. The number of nitrogens with zero attached hydrogens (tertiary/aromatic N) is 1. The molecule has 1 N–H and O–H groups in total. The molecule has 0 saturated heterocycles. The molecule has 0 bridgehead atoms. The molecule has 0 aliphatic heterocycles. The van der Waals surface area contributed by atoms with E-state index in [0.29, 0.717) is 0 Å². The van der Waals surface area contributed by atoms with Crippen molar-refractivity contribution in [3.63, 3.8) is 0 Å². The van der Waals surface area contributed by atoms with Gasteiger partial charge in [-0.2, -0.15) is 0 Å². The lowest BCUT2D eigenvalue weighted by atomic mass is 10.3. The number of pyridine rings is 1. The second kappa shape index (κ2) is 7.37. The minimum Gasteiger partial charge on any atom is -0.382 e. The summed E-state index contributed by atoms with van der Waals surface area (Å²) in [4.78, 5) is 4.32. The van der Waals surface area contributed by atoms with Crippen molar-refractivity contribution in [2.45, 2.75) is 26.8 Å². The molecule has 1 heterocycles. The van der Waals surface area contributed by atoms with Gasteiger partial charge in [0.25, 0.3) is 0 Å². The molecule has 3 heteroatoms. The maximum atomic E-state index is 5.25. The molecule has 0 unspecified atom stereocenters. The molecule has 0 radical (unpaired) electrons. The lowest BCUT2D eigenvalue weighted by Crippen LogP contribution is -2.17. The van der Waals surface area contributed by atoms with E-state index in [0.717, 1.165) is 38.4 Å². The minimum absolute atomic E-state index is 0.805. The van der Waals surface area contributed by atoms with Crippen molar-refractivity contribution in [3.05, 3.63) is 29.6 Å². The Morgan fingerprint density at radius 1 is 1.40 bits per heavy atom. The van der Waals surface area contributed by atoms with Crippen molar-refractivity contribution >= 4 is 0 Å². The summed E-state index contributed by atoms with van der Waals surface area (Å²) in [6.07, 6.45) is 2.96. The van der Waals surface area contributed by atoms with Crippen LogP contribution >= 0.6 is 0 Å². The molecule has 0 saturated carbocycles. The van der Waals surface area contributed by atoms with Gasteiger partial charge in [-0.25, -0.2) is 0 Å². The molecule has 0 fully saturated rings. The summed E-state index contributed by atoms with van der Waals surface area (Å²) in [6.45, 7) is 7.53. The van der Waals surface area contributed by atoms with Crippen molar-refractivity contribution in [3.8, 4) is 0 Å².